The minimum absolute atomic E-state index is 0.00894. The van der Waals surface area contributed by atoms with Gasteiger partial charge >= 0.3 is 0 Å². The highest BCUT2D eigenvalue weighted by atomic mass is 28.2. The van der Waals surface area contributed by atoms with Crippen molar-refractivity contribution in [1.29, 1.82) is 0 Å². The molecule has 94 valence electrons. The predicted octanol–water partition coefficient (Wildman–Crippen LogP) is 0.252. The van der Waals surface area contributed by atoms with Crippen LogP contribution in [-0.2, 0) is 9.47 Å². The van der Waals surface area contributed by atoms with E-state index in [1.54, 1.807) is 0 Å². The summed E-state index contributed by atoms with van der Waals surface area (Å²) in [4.78, 5) is 4.88. The van der Waals surface area contributed by atoms with Gasteiger partial charge in [0, 0.05) is 39.4 Å². The van der Waals surface area contributed by atoms with Gasteiger partial charge in [0.25, 0.3) is 0 Å². The first-order valence-electron chi connectivity index (χ1n) is 6.13. The van der Waals surface area contributed by atoms with Crippen LogP contribution in [0.3, 0.4) is 0 Å². The van der Waals surface area contributed by atoms with E-state index in [0.717, 1.165) is 28.9 Å². The molecule has 0 atom stereocenters. The van der Waals surface area contributed by atoms with Gasteiger partial charge < -0.3 is 19.3 Å². The fourth-order valence-corrected chi connectivity index (χ4v) is 2.97. The molecule has 2 radical (unpaired) electrons. The summed E-state index contributed by atoms with van der Waals surface area (Å²) >= 11 is 0. The zero-order valence-electron chi connectivity index (χ0n) is 10.7. The zero-order chi connectivity index (χ0) is 11.8. The van der Waals surface area contributed by atoms with Crippen LogP contribution in [0, 0.1) is 0 Å². The lowest BCUT2D eigenvalue weighted by Gasteiger charge is -2.32. The smallest absolute Gasteiger partial charge is 0.138 e. The van der Waals surface area contributed by atoms with Crippen molar-refractivity contribution in [2.24, 2.45) is 0 Å². The normalized spacial score (nSPS) is 19.5. The van der Waals surface area contributed by atoms with E-state index in [4.69, 9.17) is 9.47 Å². The summed E-state index contributed by atoms with van der Waals surface area (Å²) in [6, 6.07) is 0. The third kappa shape index (κ3) is 5.40. The molecule has 1 fully saturated rings. The highest BCUT2D eigenvalue weighted by Crippen LogP contribution is 2.00. The minimum atomic E-state index is 0.00894. The summed E-state index contributed by atoms with van der Waals surface area (Å²) in [5, 5.41) is 0. The van der Waals surface area contributed by atoms with Gasteiger partial charge in [-0.25, -0.2) is 0 Å². The van der Waals surface area contributed by atoms with Crippen molar-refractivity contribution in [3.8, 4) is 0 Å². The number of hydrogen-bond donors (Lipinski definition) is 0. The Morgan fingerprint density at radius 2 is 1.62 bits per heavy atom. The number of nitrogens with zero attached hydrogens (tertiary/aromatic N) is 2. The van der Waals surface area contributed by atoms with Gasteiger partial charge in [-0.15, -0.1) is 0 Å². The first kappa shape index (κ1) is 14.1. The number of hydrogen-bond acceptors (Lipinski definition) is 4. The Bertz CT molecular complexity index is 169. The molecule has 5 heteroatoms. The van der Waals surface area contributed by atoms with Gasteiger partial charge in [-0.3, -0.25) is 0 Å². The fourth-order valence-electron chi connectivity index (χ4n) is 1.68. The molecule has 1 heterocycles. The van der Waals surface area contributed by atoms with Crippen LogP contribution in [0.5, 0.6) is 0 Å². The van der Waals surface area contributed by atoms with Gasteiger partial charge in [0.15, 0.2) is 0 Å². The largest absolute Gasteiger partial charge is 0.357 e. The summed E-state index contributed by atoms with van der Waals surface area (Å²) in [5.74, 6) is 0.00894. The third-order valence-corrected chi connectivity index (χ3v) is 4.01. The van der Waals surface area contributed by atoms with Gasteiger partial charge in [-0.05, 0) is 27.1 Å². The lowest BCUT2D eigenvalue weighted by molar-refractivity contribution is -0.0835. The van der Waals surface area contributed by atoms with Crippen molar-refractivity contribution in [2.75, 3.05) is 52.6 Å². The van der Waals surface area contributed by atoms with Crippen LogP contribution in [0.2, 0.25) is 0 Å². The summed E-state index contributed by atoms with van der Waals surface area (Å²) in [5.41, 5.74) is 0. The van der Waals surface area contributed by atoms with Gasteiger partial charge in [0.1, 0.15) is 15.4 Å². The number of rotatable bonds is 7. The molecule has 16 heavy (non-hydrogen) atoms. The molecule has 1 aliphatic heterocycles. The predicted molar refractivity (Wildman–Crippen MR) is 66.7 cm³/mol. The molecular weight excluding hydrogens is 220 g/mol. The molecule has 0 unspecified atom stereocenters. The molecule has 0 aliphatic carbocycles. The molecule has 1 saturated heterocycles. The zero-order valence-corrected chi connectivity index (χ0v) is 11.7. The summed E-state index contributed by atoms with van der Waals surface area (Å²) in [6.07, 6.45) is 1.11. The second kappa shape index (κ2) is 8.19. The Hall–Kier alpha value is 0.0569. The molecule has 0 spiro atoms. The van der Waals surface area contributed by atoms with Crippen molar-refractivity contribution in [1.82, 2.24) is 9.80 Å². The van der Waals surface area contributed by atoms with Gasteiger partial charge in [0.2, 0.25) is 0 Å². The lowest BCUT2D eigenvalue weighted by Crippen LogP contribution is -2.47. The van der Waals surface area contributed by atoms with Crippen LogP contribution >= 0.6 is 0 Å². The monoisotopic (exact) mass is 244 g/mol. The minimum Gasteiger partial charge on any atom is -0.357 e. The van der Waals surface area contributed by atoms with Gasteiger partial charge in [0.05, 0.1) is 0 Å². The highest BCUT2D eigenvalue weighted by molar-refractivity contribution is 6.36. The van der Waals surface area contributed by atoms with E-state index in [2.05, 4.69) is 16.8 Å². The summed E-state index contributed by atoms with van der Waals surface area (Å²) < 4.78 is 11.1. The van der Waals surface area contributed by atoms with Gasteiger partial charge in [-0.1, -0.05) is 0 Å². The standard InChI is InChI=1S/C11H24N2O2Si/c1-4-14-11(15-5-2)16-10-13-8-6-12(3)7-9-13/h11H,4-10H2,1-3H3. The van der Waals surface area contributed by atoms with E-state index in [1.165, 1.54) is 26.2 Å². The average molecular weight is 244 g/mol. The van der Waals surface area contributed by atoms with Crippen molar-refractivity contribution >= 4 is 9.52 Å². The SMILES string of the molecule is CCOC(OCC)[Si]CN1CCN(C)CC1. The second-order valence-electron chi connectivity index (χ2n) is 4.03. The van der Waals surface area contributed by atoms with E-state index in [0.29, 0.717) is 0 Å². The van der Waals surface area contributed by atoms with Gasteiger partial charge in [-0.2, -0.15) is 0 Å². The quantitative estimate of drug-likeness (QED) is 0.473. The van der Waals surface area contributed by atoms with E-state index in [1.807, 2.05) is 13.8 Å². The molecule has 4 nitrogen and oxygen atoms in total. The lowest BCUT2D eigenvalue weighted by atomic mass is 10.4. The Labute approximate surface area is 102 Å². The van der Waals surface area contributed by atoms with Crippen LogP contribution < -0.4 is 0 Å². The fraction of sp³-hybridized carbons (Fsp3) is 1.00. The Morgan fingerprint density at radius 1 is 1.06 bits per heavy atom. The van der Waals surface area contributed by atoms with Crippen LogP contribution in [0.15, 0.2) is 0 Å². The summed E-state index contributed by atoms with van der Waals surface area (Å²) in [6.45, 7) is 10.2. The maximum Gasteiger partial charge on any atom is 0.138 e. The third-order valence-electron chi connectivity index (χ3n) is 2.71. The molecule has 0 aromatic heterocycles. The van der Waals surface area contributed by atoms with Crippen LogP contribution in [0.4, 0.5) is 0 Å². The van der Waals surface area contributed by atoms with Crippen LogP contribution in [0.25, 0.3) is 0 Å². The Kier molecular flexibility index (Phi) is 7.23. The molecule has 0 N–H and O–H groups in total. The van der Waals surface area contributed by atoms with E-state index < -0.39 is 0 Å². The maximum atomic E-state index is 5.55. The van der Waals surface area contributed by atoms with E-state index in [9.17, 15) is 0 Å². The number of ether oxygens (including phenoxy) is 2. The Morgan fingerprint density at radius 3 is 2.12 bits per heavy atom. The summed E-state index contributed by atoms with van der Waals surface area (Å²) in [7, 11) is 2.91. The molecule has 0 aromatic carbocycles. The first-order valence-corrected chi connectivity index (χ1v) is 7.42. The van der Waals surface area contributed by atoms with Crippen molar-refractivity contribution in [2.45, 2.75) is 19.8 Å². The Balaban J connectivity index is 2.15. The number of likely N-dealkylation sites (N-methyl/N-ethyl adjacent to an activating group) is 1. The first-order chi connectivity index (χ1) is 7.76. The molecule has 1 rings (SSSR count). The average Bonchev–Trinajstić information content (AvgIpc) is 2.29. The van der Waals surface area contributed by atoms with Crippen molar-refractivity contribution in [3.63, 3.8) is 0 Å². The number of piperazine rings is 1. The highest BCUT2D eigenvalue weighted by Gasteiger charge is 2.16. The molecule has 1 aliphatic rings. The molecule has 0 saturated carbocycles. The molecule has 0 bridgehead atoms. The van der Waals surface area contributed by atoms with E-state index >= 15 is 0 Å². The van der Waals surface area contributed by atoms with E-state index in [-0.39, 0.29) is 5.91 Å². The maximum absolute atomic E-state index is 5.55. The molecule has 0 aromatic rings. The topological polar surface area (TPSA) is 24.9 Å². The second-order valence-corrected chi connectivity index (χ2v) is 5.22. The van der Waals surface area contributed by atoms with Crippen LogP contribution in [-0.4, -0.2) is 77.8 Å². The van der Waals surface area contributed by atoms with Crippen LogP contribution in [0.1, 0.15) is 13.8 Å². The van der Waals surface area contributed by atoms with Crippen molar-refractivity contribution < 1.29 is 9.47 Å². The molecule has 0 amide bonds. The molecular formula is C11H24N2O2Si. The van der Waals surface area contributed by atoms with Crippen molar-refractivity contribution in [3.05, 3.63) is 0 Å².